The summed E-state index contributed by atoms with van der Waals surface area (Å²) in [7, 11) is -1.29. The number of sulfone groups is 1. The highest BCUT2D eigenvalue weighted by Crippen LogP contribution is 2.24. The molecule has 138 valence electrons. The van der Waals surface area contributed by atoms with Crippen LogP contribution in [0.25, 0.3) is 0 Å². The van der Waals surface area contributed by atoms with Crippen LogP contribution in [0.4, 0.5) is 0 Å². The van der Waals surface area contributed by atoms with E-state index in [1.54, 1.807) is 7.05 Å². The molecule has 0 heterocycles. The first-order valence-electron chi connectivity index (χ1n) is 7.30. The third kappa shape index (κ3) is 9.29. The Balaban J connectivity index is 0.00000529. The molecule has 0 aliphatic rings. The minimum absolute atomic E-state index is 0. The van der Waals surface area contributed by atoms with Crippen molar-refractivity contribution in [3.8, 4) is 0 Å². The average Bonchev–Trinajstić information content (AvgIpc) is 2.46. The summed E-state index contributed by atoms with van der Waals surface area (Å²) in [6.45, 7) is 2.53. The third-order valence-corrected chi connectivity index (χ3v) is 4.94. The van der Waals surface area contributed by atoms with Gasteiger partial charge < -0.3 is 10.6 Å². The van der Waals surface area contributed by atoms with Crippen molar-refractivity contribution in [3.63, 3.8) is 0 Å². The van der Waals surface area contributed by atoms with Gasteiger partial charge in [0.15, 0.2) is 5.96 Å². The normalized spacial score (nSPS) is 13.1. The molecule has 5 nitrogen and oxygen atoms in total. The zero-order chi connectivity index (χ0) is 17.5. The lowest BCUT2D eigenvalue weighted by Crippen LogP contribution is -2.43. The molecule has 0 amide bonds. The number of rotatable bonds is 7. The highest BCUT2D eigenvalue weighted by atomic mass is 127. The van der Waals surface area contributed by atoms with Crippen LogP contribution in [0.15, 0.2) is 23.2 Å². The Morgan fingerprint density at radius 1 is 1.29 bits per heavy atom. The molecule has 1 rings (SSSR count). The second-order valence-corrected chi connectivity index (χ2v) is 8.49. The van der Waals surface area contributed by atoms with E-state index in [9.17, 15) is 8.42 Å². The Bertz CT molecular complexity index is 634. The average molecular weight is 508 g/mol. The van der Waals surface area contributed by atoms with Gasteiger partial charge in [-0.1, -0.05) is 29.3 Å². The summed E-state index contributed by atoms with van der Waals surface area (Å²) in [5, 5.41) is 7.62. The summed E-state index contributed by atoms with van der Waals surface area (Å²) in [5.41, 5.74) is 0.893. The molecule has 2 N–H and O–H groups in total. The standard InChI is InChI=1S/C15H23Cl2N3O2S.HI/c1-11(8-10-23(3,21)22)20-15(18-2)19-9-7-12-13(16)5-4-6-14(12)17;/h4-6,11H,7-10H2,1-3H3,(H2,18,19,20);1H. The van der Waals surface area contributed by atoms with Crippen LogP contribution in [0.1, 0.15) is 18.9 Å². The summed E-state index contributed by atoms with van der Waals surface area (Å²) in [6.07, 6.45) is 2.42. The molecule has 0 bridgehead atoms. The van der Waals surface area contributed by atoms with E-state index in [-0.39, 0.29) is 35.8 Å². The van der Waals surface area contributed by atoms with E-state index in [0.29, 0.717) is 35.4 Å². The SMILES string of the molecule is CN=C(NCCc1c(Cl)cccc1Cl)NC(C)CCS(C)(=O)=O.I. The van der Waals surface area contributed by atoms with Crippen molar-refractivity contribution >= 4 is 63.0 Å². The van der Waals surface area contributed by atoms with Crippen molar-refractivity contribution in [3.05, 3.63) is 33.8 Å². The lowest BCUT2D eigenvalue weighted by atomic mass is 10.1. The molecule has 0 aliphatic heterocycles. The molecule has 0 aromatic heterocycles. The van der Waals surface area contributed by atoms with Crippen molar-refractivity contribution in [1.82, 2.24) is 10.6 Å². The zero-order valence-corrected chi connectivity index (χ0v) is 18.6. The van der Waals surface area contributed by atoms with Crippen molar-refractivity contribution in [1.29, 1.82) is 0 Å². The fraction of sp³-hybridized carbons (Fsp3) is 0.533. The molecule has 1 atom stereocenters. The highest BCUT2D eigenvalue weighted by Gasteiger charge is 2.10. The number of halogens is 3. The van der Waals surface area contributed by atoms with Crippen LogP contribution in [0.3, 0.4) is 0 Å². The van der Waals surface area contributed by atoms with Crippen LogP contribution in [-0.4, -0.2) is 46.0 Å². The quantitative estimate of drug-likeness (QED) is 0.338. The molecule has 1 aromatic rings. The van der Waals surface area contributed by atoms with Gasteiger partial charge in [0.1, 0.15) is 9.84 Å². The van der Waals surface area contributed by atoms with Gasteiger partial charge in [-0.3, -0.25) is 4.99 Å². The molecule has 0 saturated carbocycles. The molecule has 0 fully saturated rings. The van der Waals surface area contributed by atoms with Crippen LogP contribution >= 0.6 is 47.2 Å². The number of hydrogen-bond donors (Lipinski definition) is 2. The molecule has 0 radical (unpaired) electrons. The Morgan fingerprint density at radius 3 is 2.38 bits per heavy atom. The van der Waals surface area contributed by atoms with Crippen LogP contribution in [0.2, 0.25) is 10.0 Å². The molecule has 1 aromatic carbocycles. The number of nitrogens with one attached hydrogen (secondary N) is 2. The molecule has 1 unspecified atom stereocenters. The molecule has 9 heteroatoms. The topological polar surface area (TPSA) is 70.6 Å². The van der Waals surface area contributed by atoms with Crippen molar-refractivity contribution in [2.24, 2.45) is 4.99 Å². The van der Waals surface area contributed by atoms with Gasteiger partial charge in [-0.15, -0.1) is 24.0 Å². The zero-order valence-electron chi connectivity index (χ0n) is 14.0. The molecule has 24 heavy (non-hydrogen) atoms. The van der Waals surface area contributed by atoms with Gasteiger partial charge >= 0.3 is 0 Å². The van der Waals surface area contributed by atoms with Gasteiger partial charge in [0.2, 0.25) is 0 Å². The predicted molar refractivity (Wildman–Crippen MR) is 114 cm³/mol. The molecular weight excluding hydrogens is 484 g/mol. The molecule has 0 aliphatic carbocycles. The van der Waals surface area contributed by atoms with Gasteiger partial charge in [0, 0.05) is 35.9 Å². The Kier molecular flexibility index (Phi) is 11.3. The van der Waals surface area contributed by atoms with Gasteiger partial charge in [-0.25, -0.2) is 8.42 Å². The Morgan fingerprint density at radius 2 is 1.88 bits per heavy atom. The monoisotopic (exact) mass is 507 g/mol. The van der Waals surface area contributed by atoms with Crippen molar-refractivity contribution in [2.45, 2.75) is 25.8 Å². The van der Waals surface area contributed by atoms with Crippen LogP contribution < -0.4 is 10.6 Å². The second kappa shape index (κ2) is 11.4. The summed E-state index contributed by atoms with van der Waals surface area (Å²) in [4.78, 5) is 4.13. The summed E-state index contributed by atoms with van der Waals surface area (Å²) >= 11 is 12.3. The maximum atomic E-state index is 11.2. The summed E-state index contributed by atoms with van der Waals surface area (Å²) in [5.74, 6) is 0.766. The fourth-order valence-electron chi connectivity index (χ4n) is 1.97. The van der Waals surface area contributed by atoms with E-state index >= 15 is 0 Å². The maximum Gasteiger partial charge on any atom is 0.191 e. The number of benzene rings is 1. The molecular formula is C15H24Cl2IN3O2S. The lowest BCUT2D eigenvalue weighted by molar-refractivity contribution is 0.581. The van der Waals surface area contributed by atoms with Gasteiger partial charge in [0.05, 0.1) is 5.75 Å². The van der Waals surface area contributed by atoms with Gasteiger partial charge in [0.25, 0.3) is 0 Å². The summed E-state index contributed by atoms with van der Waals surface area (Å²) in [6, 6.07) is 5.43. The minimum atomic E-state index is -2.95. The minimum Gasteiger partial charge on any atom is -0.356 e. The number of guanidine groups is 1. The van der Waals surface area contributed by atoms with Crippen molar-refractivity contribution < 1.29 is 8.42 Å². The van der Waals surface area contributed by atoms with E-state index in [2.05, 4.69) is 15.6 Å². The second-order valence-electron chi connectivity index (χ2n) is 5.41. The highest BCUT2D eigenvalue weighted by molar-refractivity contribution is 14.0. The van der Waals surface area contributed by atoms with E-state index in [0.717, 1.165) is 5.56 Å². The largest absolute Gasteiger partial charge is 0.356 e. The smallest absolute Gasteiger partial charge is 0.191 e. The van der Waals surface area contributed by atoms with Crippen molar-refractivity contribution in [2.75, 3.05) is 25.6 Å². The van der Waals surface area contributed by atoms with Crippen LogP contribution in [0.5, 0.6) is 0 Å². The van der Waals surface area contributed by atoms with E-state index in [1.807, 2.05) is 25.1 Å². The first kappa shape index (κ1) is 23.8. The van der Waals surface area contributed by atoms with Gasteiger partial charge in [-0.2, -0.15) is 0 Å². The van der Waals surface area contributed by atoms with E-state index < -0.39 is 9.84 Å². The fourth-order valence-corrected chi connectivity index (χ4v) is 3.34. The van der Waals surface area contributed by atoms with E-state index in [1.165, 1.54) is 6.26 Å². The lowest BCUT2D eigenvalue weighted by Gasteiger charge is -2.18. The molecule has 0 spiro atoms. The Hall–Kier alpha value is -0.250. The van der Waals surface area contributed by atoms with Crippen LogP contribution in [0, 0.1) is 0 Å². The molecule has 0 saturated heterocycles. The summed E-state index contributed by atoms with van der Waals surface area (Å²) < 4.78 is 22.4. The van der Waals surface area contributed by atoms with Crippen LogP contribution in [-0.2, 0) is 16.3 Å². The van der Waals surface area contributed by atoms with E-state index in [4.69, 9.17) is 23.2 Å². The first-order chi connectivity index (χ1) is 10.7. The Labute approximate surface area is 171 Å². The number of nitrogens with zero attached hydrogens (tertiary/aromatic N) is 1. The first-order valence-corrected chi connectivity index (χ1v) is 10.1. The maximum absolute atomic E-state index is 11.2. The number of aliphatic imine (C=N–C) groups is 1. The van der Waals surface area contributed by atoms with Gasteiger partial charge in [-0.05, 0) is 37.5 Å². The number of hydrogen-bond acceptors (Lipinski definition) is 3. The third-order valence-electron chi connectivity index (χ3n) is 3.26. The predicted octanol–water partition coefficient (Wildman–Crippen LogP) is 3.14.